The van der Waals surface area contributed by atoms with Gasteiger partial charge in [-0.15, -0.1) is 0 Å². The number of hydrogen-bond acceptors (Lipinski definition) is 6. The Morgan fingerprint density at radius 2 is 2.03 bits per heavy atom. The van der Waals surface area contributed by atoms with E-state index in [0.717, 1.165) is 49.4 Å². The van der Waals surface area contributed by atoms with E-state index in [-0.39, 0.29) is 11.6 Å². The van der Waals surface area contributed by atoms with E-state index in [1.54, 1.807) is 12.4 Å². The van der Waals surface area contributed by atoms with Crippen LogP contribution in [0.2, 0.25) is 0 Å². The quantitative estimate of drug-likeness (QED) is 0.535. The molecule has 2 aliphatic rings. The van der Waals surface area contributed by atoms with Crippen molar-refractivity contribution in [2.24, 2.45) is 0 Å². The fourth-order valence-corrected chi connectivity index (χ4v) is 4.31. The second-order valence-electron chi connectivity index (χ2n) is 8.31. The van der Waals surface area contributed by atoms with Crippen molar-refractivity contribution in [2.75, 3.05) is 11.9 Å². The van der Waals surface area contributed by atoms with Crippen LogP contribution in [0.15, 0.2) is 47.5 Å². The topological polar surface area (TPSA) is 89.7 Å². The van der Waals surface area contributed by atoms with Crippen molar-refractivity contribution in [2.45, 2.75) is 38.8 Å². The number of aromatic nitrogens is 5. The van der Waals surface area contributed by atoms with Crippen molar-refractivity contribution >= 4 is 22.7 Å². The molecular weight excluding hydrogens is 390 g/mol. The van der Waals surface area contributed by atoms with Crippen molar-refractivity contribution in [3.63, 3.8) is 0 Å². The summed E-state index contributed by atoms with van der Waals surface area (Å²) >= 11 is 0. The van der Waals surface area contributed by atoms with Gasteiger partial charge in [-0.3, -0.25) is 9.78 Å². The largest absolute Gasteiger partial charge is 0.324 e. The molecule has 0 saturated heterocycles. The van der Waals surface area contributed by atoms with Crippen molar-refractivity contribution in [1.29, 1.82) is 0 Å². The van der Waals surface area contributed by atoms with E-state index in [1.165, 1.54) is 11.1 Å². The summed E-state index contributed by atoms with van der Waals surface area (Å²) in [5, 5.41) is 7.26. The average molecular weight is 413 g/mol. The van der Waals surface area contributed by atoms with E-state index in [9.17, 15) is 4.79 Å². The molecule has 1 fully saturated rings. The number of rotatable bonds is 4. The third-order valence-corrected chi connectivity index (χ3v) is 5.99. The van der Waals surface area contributed by atoms with Gasteiger partial charge in [-0.1, -0.05) is 6.07 Å². The standard InChI is InChI=1S/C23H23N7O/c1-14-10-19(7-9-25-14)29-21-20(22(31)30(29)18-4-5-18)13-26-23(28-21)27-17-3-2-15-6-8-24-12-16(15)11-17/h2-3,7,9-11,13,18,24H,4-6,8,12H2,1H3,(H,26,27,28). The number of pyridine rings is 1. The molecule has 1 aliphatic heterocycles. The summed E-state index contributed by atoms with van der Waals surface area (Å²) in [5.41, 5.74) is 5.96. The Morgan fingerprint density at radius 1 is 1.13 bits per heavy atom. The number of benzene rings is 1. The van der Waals surface area contributed by atoms with Crippen LogP contribution in [0.1, 0.15) is 35.7 Å². The first-order valence-corrected chi connectivity index (χ1v) is 10.7. The molecule has 0 atom stereocenters. The summed E-state index contributed by atoms with van der Waals surface area (Å²) in [6.45, 7) is 3.83. The zero-order valence-electron chi connectivity index (χ0n) is 17.3. The van der Waals surface area contributed by atoms with E-state index < -0.39 is 0 Å². The maximum Gasteiger partial charge on any atom is 0.278 e. The fourth-order valence-electron chi connectivity index (χ4n) is 4.31. The van der Waals surface area contributed by atoms with Crippen molar-refractivity contribution in [1.82, 2.24) is 29.6 Å². The third kappa shape index (κ3) is 3.19. The molecule has 4 aromatic rings. The molecule has 31 heavy (non-hydrogen) atoms. The monoisotopic (exact) mass is 413 g/mol. The Bertz CT molecular complexity index is 1370. The first-order valence-electron chi connectivity index (χ1n) is 10.7. The van der Waals surface area contributed by atoms with Gasteiger partial charge >= 0.3 is 0 Å². The van der Waals surface area contributed by atoms with Crippen LogP contribution in [0.4, 0.5) is 11.6 Å². The lowest BCUT2D eigenvalue weighted by molar-refractivity contribution is 0.559. The van der Waals surface area contributed by atoms with Crippen LogP contribution in [0.3, 0.4) is 0 Å². The molecule has 0 bridgehead atoms. The maximum absolute atomic E-state index is 13.1. The highest BCUT2D eigenvalue weighted by Crippen LogP contribution is 2.35. The molecule has 1 aliphatic carbocycles. The van der Waals surface area contributed by atoms with Gasteiger partial charge in [0.05, 0.1) is 11.7 Å². The van der Waals surface area contributed by atoms with Gasteiger partial charge < -0.3 is 10.6 Å². The molecule has 1 saturated carbocycles. The van der Waals surface area contributed by atoms with E-state index in [1.807, 2.05) is 28.4 Å². The highest BCUT2D eigenvalue weighted by atomic mass is 16.1. The molecule has 0 radical (unpaired) electrons. The Balaban J connectivity index is 1.46. The predicted molar refractivity (Wildman–Crippen MR) is 119 cm³/mol. The van der Waals surface area contributed by atoms with Gasteiger partial charge in [0.15, 0.2) is 5.65 Å². The summed E-state index contributed by atoms with van der Waals surface area (Å²) < 4.78 is 3.75. The molecular formula is C23H23N7O. The van der Waals surface area contributed by atoms with Gasteiger partial charge in [0.2, 0.25) is 5.95 Å². The van der Waals surface area contributed by atoms with Gasteiger partial charge in [0.25, 0.3) is 5.56 Å². The maximum atomic E-state index is 13.1. The summed E-state index contributed by atoms with van der Waals surface area (Å²) in [5.74, 6) is 0.476. The lowest BCUT2D eigenvalue weighted by Crippen LogP contribution is -2.23. The molecule has 1 aromatic carbocycles. The van der Waals surface area contributed by atoms with Crippen LogP contribution in [-0.4, -0.2) is 30.9 Å². The minimum absolute atomic E-state index is 0.0432. The number of hydrogen-bond donors (Lipinski definition) is 2. The SMILES string of the molecule is Cc1cc(-n2c3nc(Nc4ccc5c(c4)CNCC5)ncc3c(=O)n2C2CC2)ccn1. The second-order valence-corrected chi connectivity index (χ2v) is 8.31. The van der Waals surface area contributed by atoms with Gasteiger partial charge in [0.1, 0.15) is 5.39 Å². The number of aryl methyl sites for hydroxylation is 1. The van der Waals surface area contributed by atoms with Crippen molar-refractivity contribution in [3.05, 3.63) is 69.9 Å². The molecule has 3 aromatic heterocycles. The molecule has 4 heterocycles. The zero-order chi connectivity index (χ0) is 20.9. The fraction of sp³-hybridized carbons (Fsp3) is 0.304. The smallest absolute Gasteiger partial charge is 0.278 e. The van der Waals surface area contributed by atoms with Crippen LogP contribution in [0.5, 0.6) is 0 Å². The van der Waals surface area contributed by atoms with Crippen LogP contribution in [0, 0.1) is 6.92 Å². The third-order valence-electron chi connectivity index (χ3n) is 5.99. The van der Waals surface area contributed by atoms with Gasteiger partial charge in [-0.05, 0) is 68.1 Å². The summed E-state index contributed by atoms with van der Waals surface area (Å²) in [4.78, 5) is 26.6. The van der Waals surface area contributed by atoms with Crippen LogP contribution in [0.25, 0.3) is 16.7 Å². The van der Waals surface area contributed by atoms with Crippen LogP contribution in [-0.2, 0) is 13.0 Å². The molecule has 8 heteroatoms. The zero-order valence-corrected chi connectivity index (χ0v) is 17.3. The molecule has 0 unspecified atom stereocenters. The first-order chi connectivity index (χ1) is 15.2. The molecule has 156 valence electrons. The summed E-state index contributed by atoms with van der Waals surface area (Å²) in [6.07, 6.45) is 6.45. The van der Waals surface area contributed by atoms with E-state index in [2.05, 4.69) is 38.8 Å². The molecule has 0 spiro atoms. The normalized spacial score (nSPS) is 15.8. The minimum atomic E-state index is -0.0432. The molecule has 0 amide bonds. The van der Waals surface area contributed by atoms with Gasteiger partial charge in [-0.2, -0.15) is 4.98 Å². The highest BCUT2D eigenvalue weighted by Gasteiger charge is 2.30. The first kappa shape index (κ1) is 18.3. The lowest BCUT2D eigenvalue weighted by Gasteiger charge is -2.18. The van der Waals surface area contributed by atoms with E-state index >= 15 is 0 Å². The van der Waals surface area contributed by atoms with E-state index in [4.69, 9.17) is 4.98 Å². The Kier molecular flexibility index (Phi) is 4.14. The van der Waals surface area contributed by atoms with Crippen LogP contribution >= 0.6 is 0 Å². The van der Waals surface area contributed by atoms with Crippen molar-refractivity contribution < 1.29 is 0 Å². The number of anilines is 2. The molecule has 2 N–H and O–H groups in total. The van der Waals surface area contributed by atoms with Crippen molar-refractivity contribution in [3.8, 4) is 5.69 Å². The van der Waals surface area contributed by atoms with Gasteiger partial charge in [0, 0.05) is 30.3 Å². The molecule has 6 rings (SSSR count). The Morgan fingerprint density at radius 3 is 2.87 bits per heavy atom. The minimum Gasteiger partial charge on any atom is -0.324 e. The number of nitrogens with one attached hydrogen (secondary N) is 2. The molecule has 8 nitrogen and oxygen atoms in total. The summed E-state index contributed by atoms with van der Waals surface area (Å²) in [7, 11) is 0. The Hall–Kier alpha value is -3.52. The van der Waals surface area contributed by atoms with Gasteiger partial charge in [-0.25, -0.2) is 14.3 Å². The number of nitrogens with zero attached hydrogens (tertiary/aromatic N) is 5. The lowest BCUT2D eigenvalue weighted by atomic mass is 10.0. The Labute approximate surface area is 179 Å². The average Bonchev–Trinajstić information content (AvgIpc) is 3.58. The second kappa shape index (κ2) is 7.02. The van der Waals surface area contributed by atoms with Crippen LogP contribution < -0.4 is 16.2 Å². The number of fused-ring (bicyclic) bond motifs is 2. The van der Waals surface area contributed by atoms with E-state index in [0.29, 0.717) is 17.0 Å². The predicted octanol–water partition coefficient (Wildman–Crippen LogP) is 3.01. The summed E-state index contributed by atoms with van der Waals surface area (Å²) in [6, 6.07) is 10.5. The highest BCUT2D eigenvalue weighted by molar-refractivity contribution is 5.77.